The summed E-state index contributed by atoms with van der Waals surface area (Å²) in [5.74, 6) is -1.88. The maximum Gasteiger partial charge on any atom is 0.513 e. The van der Waals surface area contributed by atoms with E-state index in [1.807, 2.05) is 49.8 Å². The number of carbonyl (C=O) groups is 3. The molecule has 0 spiro atoms. The number of β-lactam (4-membered cyclic amide) rings is 1. The molecule has 1 saturated heterocycles. The summed E-state index contributed by atoms with van der Waals surface area (Å²) in [6.45, 7) is 7.31. The predicted octanol–water partition coefficient (Wildman–Crippen LogP) is 4.87. The van der Waals surface area contributed by atoms with E-state index in [1.54, 1.807) is 18.5 Å². The average molecular weight is 586 g/mol. The number of fused-ring (bicyclic) bond motifs is 2. The standard InChI is InChI=1S/C28H31N3O7S2/c1-14(2)16-8-6-7-9-17(16)38-27(36)37-11-10-28(4)20(18-12-30-13-29-23(39-5)25(30)40-18)21(26(34)35)31-22(28)19(15(3)32)24(31)33/h6-9,12-15,19,22,32H,10-11H2,1-5H3,(H,34,35)/t15-,19-,22-,28?/m1/s1. The molecule has 0 bridgehead atoms. The highest BCUT2D eigenvalue weighted by molar-refractivity contribution is 7.98. The molecule has 2 aromatic heterocycles. The minimum absolute atomic E-state index is 0.0808. The molecular formula is C28H31N3O7S2. The zero-order valence-electron chi connectivity index (χ0n) is 22.8. The van der Waals surface area contributed by atoms with Gasteiger partial charge in [-0.2, -0.15) is 0 Å². The van der Waals surface area contributed by atoms with Crippen LogP contribution in [-0.2, 0) is 14.3 Å². The molecule has 2 aliphatic rings. The van der Waals surface area contributed by atoms with Gasteiger partial charge in [-0.05, 0) is 37.1 Å². The molecule has 1 fully saturated rings. The molecule has 4 atom stereocenters. The lowest BCUT2D eigenvalue weighted by Crippen LogP contribution is -2.66. The Morgan fingerprint density at radius 1 is 1.25 bits per heavy atom. The quantitative estimate of drug-likeness (QED) is 0.156. The van der Waals surface area contributed by atoms with Gasteiger partial charge in [0.2, 0.25) is 5.91 Å². The Labute approximate surface area is 239 Å². The van der Waals surface area contributed by atoms with Crippen molar-refractivity contribution in [3.8, 4) is 5.75 Å². The summed E-state index contributed by atoms with van der Waals surface area (Å²) in [5, 5.41) is 21.6. The Bertz CT molecular complexity index is 1520. The summed E-state index contributed by atoms with van der Waals surface area (Å²) in [4.78, 5) is 45.6. The number of imidazole rings is 1. The fourth-order valence-corrected chi connectivity index (χ4v) is 7.84. The van der Waals surface area contributed by atoms with Crippen LogP contribution in [0.1, 0.15) is 50.5 Å². The molecule has 40 heavy (non-hydrogen) atoms. The molecule has 1 unspecified atom stereocenters. The number of benzene rings is 1. The Balaban J connectivity index is 1.47. The van der Waals surface area contributed by atoms with Crippen molar-refractivity contribution >= 4 is 51.5 Å². The number of aliphatic hydroxyl groups excluding tert-OH is 1. The largest absolute Gasteiger partial charge is 0.513 e. The van der Waals surface area contributed by atoms with Gasteiger partial charge >= 0.3 is 12.1 Å². The number of rotatable bonds is 9. The number of carboxylic acids is 1. The molecule has 4 heterocycles. The van der Waals surface area contributed by atoms with E-state index in [0.29, 0.717) is 16.2 Å². The number of carbonyl (C=O) groups excluding carboxylic acids is 2. The molecule has 2 N–H and O–H groups in total. The van der Waals surface area contributed by atoms with Gasteiger partial charge in [-0.15, -0.1) is 23.1 Å². The molecule has 3 aromatic rings. The fraction of sp³-hybridized carbons (Fsp3) is 0.429. The Hall–Kier alpha value is -3.35. The number of para-hydroxylation sites is 1. The van der Waals surface area contributed by atoms with Crippen LogP contribution in [0.25, 0.3) is 10.4 Å². The van der Waals surface area contributed by atoms with Crippen LogP contribution in [0.2, 0.25) is 0 Å². The minimum Gasteiger partial charge on any atom is -0.477 e. The van der Waals surface area contributed by atoms with E-state index in [9.17, 15) is 24.6 Å². The van der Waals surface area contributed by atoms with E-state index in [4.69, 9.17) is 9.47 Å². The Kier molecular flexibility index (Phi) is 7.45. The highest BCUT2D eigenvalue weighted by Gasteiger charge is 2.66. The molecule has 1 amide bonds. The number of amides is 1. The number of ether oxygens (including phenoxy) is 2. The average Bonchev–Trinajstić information content (AvgIpc) is 3.52. The third-order valence-corrected chi connectivity index (χ3v) is 9.70. The summed E-state index contributed by atoms with van der Waals surface area (Å²) in [5.41, 5.74) is 0.306. The van der Waals surface area contributed by atoms with Crippen molar-refractivity contribution in [1.29, 1.82) is 0 Å². The van der Waals surface area contributed by atoms with Crippen LogP contribution in [-0.4, -0.2) is 67.5 Å². The van der Waals surface area contributed by atoms with Crippen molar-refractivity contribution in [2.45, 2.75) is 57.2 Å². The summed E-state index contributed by atoms with van der Waals surface area (Å²) in [6.07, 6.45) is 3.76. The lowest BCUT2D eigenvalue weighted by molar-refractivity contribution is -0.167. The first-order valence-electron chi connectivity index (χ1n) is 12.9. The van der Waals surface area contributed by atoms with Crippen molar-refractivity contribution in [2.75, 3.05) is 12.9 Å². The molecule has 0 radical (unpaired) electrons. The Morgan fingerprint density at radius 3 is 2.62 bits per heavy atom. The number of hydrogen-bond acceptors (Lipinski definition) is 9. The number of aromatic nitrogens is 2. The molecule has 2 aliphatic heterocycles. The molecule has 212 valence electrons. The van der Waals surface area contributed by atoms with Gasteiger partial charge < -0.3 is 24.6 Å². The maximum absolute atomic E-state index is 13.1. The van der Waals surface area contributed by atoms with E-state index in [0.717, 1.165) is 15.4 Å². The van der Waals surface area contributed by atoms with E-state index < -0.39 is 41.5 Å². The van der Waals surface area contributed by atoms with Gasteiger partial charge in [-0.1, -0.05) is 39.0 Å². The minimum atomic E-state index is -1.23. The van der Waals surface area contributed by atoms with Crippen LogP contribution < -0.4 is 4.74 Å². The van der Waals surface area contributed by atoms with Gasteiger partial charge in [0.15, 0.2) is 0 Å². The van der Waals surface area contributed by atoms with Crippen molar-refractivity contribution in [3.05, 3.63) is 52.9 Å². The highest BCUT2D eigenvalue weighted by atomic mass is 32.2. The third-order valence-electron chi connectivity index (χ3n) is 7.76. The topological polar surface area (TPSA) is 131 Å². The number of aliphatic carboxylic acids is 1. The summed E-state index contributed by atoms with van der Waals surface area (Å²) < 4.78 is 12.8. The van der Waals surface area contributed by atoms with E-state index in [1.165, 1.54) is 34.9 Å². The van der Waals surface area contributed by atoms with Crippen molar-refractivity contribution in [1.82, 2.24) is 14.3 Å². The van der Waals surface area contributed by atoms with Crippen molar-refractivity contribution in [2.24, 2.45) is 11.3 Å². The molecule has 0 aliphatic carbocycles. The lowest BCUT2D eigenvalue weighted by atomic mass is 9.66. The van der Waals surface area contributed by atoms with E-state index >= 15 is 0 Å². The second-order valence-electron chi connectivity index (χ2n) is 10.6. The second kappa shape index (κ2) is 10.6. The predicted molar refractivity (Wildman–Crippen MR) is 150 cm³/mol. The molecule has 5 rings (SSSR count). The van der Waals surface area contributed by atoms with E-state index in [2.05, 4.69) is 4.98 Å². The fourth-order valence-electron chi connectivity index (χ4n) is 5.88. The Morgan fingerprint density at radius 2 is 1.98 bits per heavy atom. The lowest BCUT2D eigenvalue weighted by Gasteiger charge is -2.50. The van der Waals surface area contributed by atoms with Crippen LogP contribution in [0, 0.1) is 11.3 Å². The van der Waals surface area contributed by atoms with Gasteiger partial charge in [0.25, 0.3) is 0 Å². The monoisotopic (exact) mass is 585 g/mol. The normalized spacial score (nSPS) is 23.0. The number of nitrogens with zero attached hydrogens (tertiary/aromatic N) is 3. The SMILES string of the molecule is CSc1ncn2cc(C3=C(C(=O)O)N4C(=O)[C@H]([C@@H](C)O)[C@@H]4C3(C)CCOC(=O)Oc3ccccc3C(C)C)sc12. The third kappa shape index (κ3) is 4.47. The second-order valence-corrected chi connectivity index (χ2v) is 12.4. The van der Waals surface area contributed by atoms with Gasteiger partial charge in [0.05, 0.1) is 29.5 Å². The highest BCUT2D eigenvalue weighted by Crippen LogP contribution is 2.60. The zero-order valence-corrected chi connectivity index (χ0v) is 24.4. The smallest absolute Gasteiger partial charge is 0.477 e. The molecule has 10 nitrogen and oxygen atoms in total. The van der Waals surface area contributed by atoms with Gasteiger partial charge in [0.1, 0.15) is 27.6 Å². The van der Waals surface area contributed by atoms with Crippen LogP contribution in [0.15, 0.2) is 47.5 Å². The summed E-state index contributed by atoms with van der Waals surface area (Å²) in [7, 11) is 0. The van der Waals surface area contributed by atoms with Crippen LogP contribution in [0.4, 0.5) is 4.79 Å². The van der Waals surface area contributed by atoms with E-state index in [-0.39, 0.29) is 24.6 Å². The number of carboxylic acid groups (broad SMARTS) is 1. The molecular weight excluding hydrogens is 554 g/mol. The van der Waals surface area contributed by atoms with Gasteiger partial charge in [-0.25, -0.2) is 14.6 Å². The molecule has 0 saturated carbocycles. The first-order valence-corrected chi connectivity index (χ1v) is 15.0. The zero-order chi connectivity index (χ0) is 28.9. The van der Waals surface area contributed by atoms with Crippen LogP contribution in [0.5, 0.6) is 5.75 Å². The van der Waals surface area contributed by atoms with Crippen molar-refractivity contribution < 1.29 is 34.1 Å². The number of thiazole rings is 1. The van der Waals surface area contributed by atoms with Crippen molar-refractivity contribution in [3.63, 3.8) is 0 Å². The number of hydrogen-bond donors (Lipinski definition) is 2. The summed E-state index contributed by atoms with van der Waals surface area (Å²) in [6, 6.07) is 6.63. The first kappa shape index (κ1) is 28.2. The number of thioether (sulfide) groups is 1. The van der Waals surface area contributed by atoms with Gasteiger partial charge in [0, 0.05) is 17.2 Å². The molecule has 1 aromatic carbocycles. The van der Waals surface area contributed by atoms with Gasteiger partial charge in [-0.3, -0.25) is 9.20 Å². The van der Waals surface area contributed by atoms with Crippen LogP contribution in [0.3, 0.4) is 0 Å². The molecule has 12 heteroatoms. The maximum atomic E-state index is 13.1. The summed E-state index contributed by atoms with van der Waals surface area (Å²) >= 11 is 2.87. The number of aliphatic hydroxyl groups is 1. The van der Waals surface area contributed by atoms with Crippen LogP contribution >= 0.6 is 23.1 Å². The first-order chi connectivity index (χ1) is 19.0.